The van der Waals surface area contributed by atoms with Gasteiger partial charge in [-0.05, 0) is 34.9 Å². The van der Waals surface area contributed by atoms with E-state index in [0.29, 0.717) is 5.95 Å². The van der Waals surface area contributed by atoms with E-state index in [1.54, 1.807) is 6.20 Å². The van der Waals surface area contributed by atoms with E-state index in [4.69, 9.17) is 5.84 Å². The molecule has 0 amide bonds. The predicted octanol–water partition coefficient (Wildman–Crippen LogP) is 0.823. The lowest BCUT2D eigenvalue weighted by Gasteiger charge is -2.33. The summed E-state index contributed by atoms with van der Waals surface area (Å²) >= 11 is 0. The number of aryl methyl sites for hydroxylation is 1. The van der Waals surface area contributed by atoms with Crippen molar-refractivity contribution in [2.24, 2.45) is 5.84 Å². The van der Waals surface area contributed by atoms with E-state index in [2.05, 4.69) is 53.6 Å². The molecule has 96 valence electrons. The van der Waals surface area contributed by atoms with Gasteiger partial charge in [-0.2, -0.15) is 4.98 Å². The monoisotopic (exact) mass is 238 g/mol. The number of nitrogens with two attached hydrogens (primary N) is 1. The molecule has 0 unspecified atom stereocenters. The van der Waals surface area contributed by atoms with Gasteiger partial charge in [0.25, 0.3) is 0 Å². The number of aromatic nitrogens is 2. The van der Waals surface area contributed by atoms with E-state index in [9.17, 15) is 0 Å². The summed E-state index contributed by atoms with van der Waals surface area (Å²) in [6.07, 6.45) is 1.74. The maximum atomic E-state index is 5.29. The fourth-order valence-corrected chi connectivity index (χ4v) is 1.15. The van der Waals surface area contributed by atoms with Crippen molar-refractivity contribution in [2.75, 3.05) is 31.4 Å². The van der Waals surface area contributed by atoms with Crippen molar-refractivity contribution < 1.29 is 0 Å². The van der Waals surface area contributed by atoms with E-state index >= 15 is 0 Å². The molecule has 0 spiro atoms. The van der Waals surface area contributed by atoms with Gasteiger partial charge in [-0.1, -0.05) is 0 Å². The van der Waals surface area contributed by atoms with E-state index < -0.39 is 0 Å². The van der Waals surface area contributed by atoms with E-state index in [1.165, 1.54) is 0 Å². The highest BCUT2D eigenvalue weighted by Gasteiger charge is 2.20. The zero-order valence-electron chi connectivity index (χ0n) is 11.2. The van der Waals surface area contributed by atoms with Crippen molar-refractivity contribution in [1.82, 2.24) is 14.9 Å². The standard InChI is InChI=1S/C11H22N6/c1-8-6-13-10(16-12)15-9(8)14-7-11(2,3)17(4)5/h6H,7,12H2,1-5H3,(H2,13,14,15,16). The molecular weight excluding hydrogens is 216 g/mol. The van der Waals surface area contributed by atoms with Gasteiger partial charge in [0.15, 0.2) is 0 Å². The molecule has 0 saturated carbocycles. The minimum absolute atomic E-state index is 0.0493. The maximum Gasteiger partial charge on any atom is 0.239 e. The van der Waals surface area contributed by atoms with E-state index in [-0.39, 0.29) is 5.54 Å². The molecule has 1 heterocycles. The summed E-state index contributed by atoms with van der Waals surface area (Å²) < 4.78 is 0. The smallest absolute Gasteiger partial charge is 0.239 e. The van der Waals surface area contributed by atoms with Crippen LogP contribution >= 0.6 is 0 Å². The number of nitrogens with zero attached hydrogens (tertiary/aromatic N) is 3. The third-order valence-electron chi connectivity index (χ3n) is 3.00. The van der Waals surface area contributed by atoms with Crippen LogP contribution in [0.15, 0.2) is 6.20 Å². The fourth-order valence-electron chi connectivity index (χ4n) is 1.15. The van der Waals surface area contributed by atoms with Crippen LogP contribution in [0.1, 0.15) is 19.4 Å². The van der Waals surface area contributed by atoms with Gasteiger partial charge < -0.3 is 10.2 Å². The Morgan fingerprint density at radius 1 is 1.41 bits per heavy atom. The summed E-state index contributed by atoms with van der Waals surface area (Å²) in [7, 11) is 4.11. The molecule has 0 radical (unpaired) electrons. The first-order valence-electron chi connectivity index (χ1n) is 5.58. The second-order valence-electron chi connectivity index (χ2n) is 4.93. The van der Waals surface area contributed by atoms with Gasteiger partial charge >= 0.3 is 0 Å². The van der Waals surface area contributed by atoms with Crippen LogP contribution in [0.2, 0.25) is 0 Å². The maximum absolute atomic E-state index is 5.29. The molecule has 17 heavy (non-hydrogen) atoms. The lowest BCUT2D eigenvalue weighted by atomic mass is 10.0. The van der Waals surface area contributed by atoms with Crippen LogP contribution in [-0.4, -0.2) is 41.0 Å². The molecule has 1 rings (SSSR count). The second kappa shape index (κ2) is 5.29. The number of likely N-dealkylation sites (N-methyl/N-ethyl adjacent to an activating group) is 1. The largest absolute Gasteiger partial charge is 0.368 e. The average molecular weight is 238 g/mol. The van der Waals surface area contributed by atoms with Crippen LogP contribution in [0.25, 0.3) is 0 Å². The molecule has 1 aromatic rings. The highest BCUT2D eigenvalue weighted by Crippen LogP contribution is 2.15. The molecule has 6 heteroatoms. The van der Waals surface area contributed by atoms with Crippen LogP contribution in [0.3, 0.4) is 0 Å². The Balaban J connectivity index is 2.75. The Morgan fingerprint density at radius 3 is 2.59 bits per heavy atom. The number of nitrogens with one attached hydrogen (secondary N) is 2. The van der Waals surface area contributed by atoms with Crippen LogP contribution in [0, 0.1) is 6.92 Å². The van der Waals surface area contributed by atoms with Crippen molar-refractivity contribution in [3.8, 4) is 0 Å². The molecule has 0 aliphatic carbocycles. The van der Waals surface area contributed by atoms with Gasteiger partial charge in [-0.25, -0.2) is 10.8 Å². The zero-order chi connectivity index (χ0) is 13.1. The Morgan fingerprint density at radius 2 is 2.06 bits per heavy atom. The third-order valence-corrected chi connectivity index (χ3v) is 3.00. The topological polar surface area (TPSA) is 79.1 Å². The third kappa shape index (κ3) is 3.54. The number of nitrogen functional groups attached to an aromatic ring is 1. The van der Waals surface area contributed by atoms with Gasteiger partial charge in [0.05, 0.1) is 0 Å². The first-order chi connectivity index (χ1) is 7.86. The minimum atomic E-state index is 0.0493. The van der Waals surface area contributed by atoms with E-state index in [0.717, 1.165) is 17.9 Å². The minimum Gasteiger partial charge on any atom is -0.368 e. The molecule has 0 aliphatic heterocycles. The molecule has 4 N–H and O–H groups in total. The normalized spacial score (nSPS) is 11.7. The number of hydrazine groups is 1. The highest BCUT2D eigenvalue weighted by atomic mass is 15.3. The van der Waals surface area contributed by atoms with Gasteiger partial charge in [0, 0.05) is 23.8 Å². The molecule has 0 atom stereocenters. The summed E-state index contributed by atoms with van der Waals surface area (Å²) in [6, 6.07) is 0. The first kappa shape index (κ1) is 13.7. The SMILES string of the molecule is Cc1cnc(NN)nc1NCC(C)(C)N(C)C. The van der Waals surface area contributed by atoms with Crippen molar-refractivity contribution in [3.63, 3.8) is 0 Å². The van der Waals surface area contributed by atoms with Gasteiger partial charge in [0.1, 0.15) is 5.82 Å². The number of hydrogen-bond donors (Lipinski definition) is 3. The van der Waals surface area contributed by atoms with Crippen molar-refractivity contribution in [2.45, 2.75) is 26.3 Å². The molecule has 6 nitrogen and oxygen atoms in total. The Labute approximate surface area is 103 Å². The van der Waals surface area contributed by atoms with Crippen LogP contribution < -0.4 is 16.6 Å². The first-order valence-corrected chi connectivity index (χ1v) is 5.58. The van der Waals surface area contributed by atoms with Crippen LogP contribution in [0.5, 0.6) is 0 Å². The summed E-state index contributed by atoms with van der Waals surface area (Å²) in [5.41, 5.74) is 3.49. The molecule has 0 bridgehead atoms. The molecule has 0 aliphatic rings. The molecule has 0 aromatic carbocycles. The summed E-state index contributed by atoms with van der Waals surface area (Å²) in [6.45, 7) is 7.09. The van der Waals surface area contributed by atoms with Crippen LogP contribution in [-0.2, 0) is 0 Å². The van der Waals surface area contributed by atoms with Crippen molar-refractivity contribution in [1.29, 1.82) is 0 Å². The number of rotatable bonds is 5. The highest BCUT2D eigenvalue weighted by molar-refractivity contribution is 5.46. The van der Waals surface area contributed by atoms with Crippen LogP contribution in [0.4, 0.5) is 11.8 Å². The summed E-state index contributed by atoms with van der Waals surface area (Å²) in [5, 5.41) is 3.32. The number of anilines is 2. The van der Waals surface area contributed by atoms with Crippen molar-refractivity contribution in [3.05, 3.63) is 11.8 Å². The molecular formula is C11H22N6. The fraction of sp³-hybridized carbons (Fsp3) is 0.636. The predicted molar refractivity (Wildman–Crippen MR) is 70.8 cm³/mol. The second-order valence-corrected chi connectivity index (χ2v) is 4.93. The molecule has 1 aromatic heterocycles. The van der Waals surface area contributed by atoms with Gasteiger partial charge in [-0.3, -0.25) is 5.43 Å². The van der Waals surface area contributed by atoms with Crippen molar-refractivity contribution >= 4 is 11.8 Å². The lowest BCUT2D eigenvalue weighted by molar-refractivity contribution is 0.210. The Bertz CT molecular complexity index is 374. The summed E-state index contributed by atoms with van der Waals surface area (Å²) in [4.78, 5) is 10.5. The zero-order valence-corrected chi connectivity index (χ0v) is 11.2. The number of hydrogen-bond acceptors (Lipinski definition) is 6. The van der Waals surface area contributed by atoms with Gasteiger partial charge in [0.2, 0.25) is 5.95 Å². The molecule has 0 saturated heterocycles. The van der Waals surface area contributed by atoms with Gasteiger partial charge in [-0.15, -0.1) is 0 Å². The Kier molecular flexibility index (Phi) is 4.25. The quantitative estimate of drug-likeness (QED) is 0.521. The Hall–Kier alpha value is -1.40. The van der Waals surface area contributed by atoms with E-state index in [1.807, 2.05) is 6.92 Å². The molecule has 0 fully saturated rings. The lowest BCUT2D eigenvalue weighted by Crippen LogP contribution is -2.44. The average Bonchev–Trinajstić information content (AvgIpc) is 2.28. The summed E-state index contributed by atoms with van der Waals surface area (Å²) in [5.74, 6) is 6.51.